The van der Waals surface area contributed by atoms with Gasteiger partial charge in [-0.1, -0.05) is 13.8 Å². The second-order valence-corrected chi connectivity index (χ2v) is 6.44. The highest BCUT2D eigenvalue weighted by molar-refractivity contribution is 5.41. The van der Waals surface area contributed by atoms with Crippen LogP contribution in [-0.4, -0.2) is 24.3 Å². The van der Waals surface area contributed by atoms with Crippen LogP contribution >= 0.6 is 0 Å². The summed E-state index contributed by atoms with van der Waals surface area (Å²) >= 11 is 0. The Morgan fingerprint density at radius 1 is 1.29 bits per heavy atom. The van der Waals surface area contributed by atoms with Crippen LogP contribution in [0.1, 0.15) is 39.5 Å². The maximum atomic E-state index is 11.8. The zero-order chi connectivity index (χ0) is 15.2. The molecule has 1 aliphatic carbocycles. The molecule has 0 bridgehead atoms. The van der Waals surface area contributed by atoms with Gasteiger partial charge < -0.3 is 14.6 Å². The molecule has 2 rings (SSSR count). The Labute approximate surface area is 127 Å². The molecule has 4 nitrogen and oxygen atoms in total. The SMILES string of the molecule is COCCn1cc(NC2CCC(C(C)C)CC2)ccc1=O. The number of aromatic nitrogens is 1. The standard InChI is InChI=1S/C17H28N2O2/c1-13(2)14-4-6-15(7-5-14)18-16-8-9-17(20)19(12-16)10-11-21-3/h8-9,12-15,18H,4-7,10-11H2,1-3H3. The molecule has 1 N–H and O–H groups in total. The third-order valence-corrected chi connectivity index (χ3v) is 4.61. The fourth-order valence-electron chi connectivity index (χ4n) is 3.15. The van der Waals surface area contributed by atoms with Crippen LogP contribution in [0, 0.1) is 11.8 Å². The Morgan fingerprint density at radius 2 is 2.00 bits per heavy atom. The van der Waals surface area contributed by atoms with Gasteiger partial charge in [-0.3, -0.25) is 4.79 Å². The molecule has 0 atom stereocenters. The number of rotatable bonds is 6. The fourth-order valence-corrected chi connectivity index (χ4v) is 3.15. The summed E-state index contributed by atoms with van der Waals surface area (Å²) < 4.78 is 6.76. The van der Waals surface area contributed by atoms with Crippen LogP contribution in [0.25, 0.3) is 0 Å². The average molecular weight is 292 g/mol. The first-order valence-electron chi connectivity index (χ1n) is 8.06. The van der Waals surface area contributed by atoms with Crippen LogP contribution in [0.15, 0.2) is 23.1 Å². The maximum Gasteiger partial charge on any atom is 0.250 e. The first-order chi connectivity index (χ1) is 10.1. The van der Waals surface area contributed by atoms with Gasteiger partial charge in [0.1, 0.15) is 0 Å². The molecule has 1 aromatic heterocycles. The van der Waals surface area contributed by atoms with Crippen LogP contribution in [0.3, 0.4) is 0 Å². The van der Waals surface area contributed by atoms with Gasteiger partial charge in [-0.05, 0) is 43.6 Å². The molecule has 0 spiro atoms. The lowest BCUT2D eigenvalue weighted by Gasteiger charge is -2.31. The van der Waals surface area contributed by atoms with Crippen molar-refractivity contribution in [3.05, 3.63) is 28.7 Å². The van der Waals surface area contributed by atoms with Gasteiger partial charge in [-0.25, -0.2) is 0 Å². The fraction of sp³-hybridized carbons (Fsp3) is 0.706. The lowest BCUT2D eigenvalue weighted by Crippen LogP contribution is -2.29. The molecular weight excluding hydrogens is 264 g/mol. The molecule has 1 aromatic rings. The Balaban J connectivity index is 1.93. The smallest absolute Gasteiger partial charge is 0.250 e. The molecule has 0 aromatic carbocycles. The molecule has 1 aliphatic rings. The van der Waals surface area contributed by atoms with E-state index in [1.165, 1.54) is 25.7 Å². The Kier molecular flexibility index (Phi) is 5.85. The minimum atomic E-state index is 0.0288. The second kappa shape index (κ2) is 7.64. The Hall–Kier alpha value is -1.29. The molecule has 4 heteroatoms. The summed E-state index contributed by atoms with van der Waals surface area (Å²) in [6.07, 6.45) is 6.97. The van der Waals surface area contributed by atoms with Gasteiger partial charge in [0.05, 0.1) is 12.3 Å². The van der Waals surface area contributed by atoms with Crippen molar-refractivity contribution < 1.29 is 4.74 Å². The summed E-state index contributed by atoms with van der Waals surface area (Å²) in [6.45, 7) is 5.81. The first-order valence-corrected chi connectivity index (χ1v) is 8.06. The minimum absolute atomic E-state index is 0.0288. The number of anilines is 1. The van der Waals surface area contributed by atoms with Crippen molar-refractivity contribution >= 4 is 5.69 Å². The molecule has 1 saturated carbocycles. The molecule has 1 fully saturated rings. The van der Waals surface area contributed by atoms with E-state index in [4.69, 9.17) is 4.74 Å². The number of methoxy groups -OCH3 is 1. The minimum Gasteiger partial charge on any atom is -0.383 e. The molecule has 21 heavy (non-hydrogen) atoms. The van der Waals surface area contributed by atoms with E-state index in [2.05, 4.69) is 19.2 Å². The molecule has 1 heterocycles. The largest absolute Gasteiger partial charge is 0.383 e. The molecular formula is C17H28N2O2. The molecule has 118 valence electrons. The van der Waals surface area contributed by atoms with E-state index in [1.807, 2.05) is 12.3 Å². The van der Waals surface area contributed by atoms with Gasteiger partial charge in [-0.2, -0.15) is 0 Å². The third kappa shape index (κ3) is 4.60. The molecule has 0 saturated heterocycles. The lowest BCUT2D eigenvalue weighted by atomic mass is 9.79. The van der Waals surface area contributed by atoms with E-state index < -0.39 is 0 Å². The van der Waals surface area contributed by atoms with Crippen LogP contribution in [0.4, 0.5) is 5.69 Å². The lowest BCUT2D eigenvalue weighted by molar-refractivity contribution is 0.186. The zero-order valence-corrected chi connectivity index (χ0v) is 13.5. The summed E-state index contributed by atoms with van der Waals surface area (Å²) in [5, 5.41) is 3.58. The highest BCUT2D eigenvalue weighted by atomic mass is 16.5. The van der Waals surface area contributed by atoms with Crippen LogP contribution in [0.5, 0.6) is 0 Å². The molecule has 0 aliphatic heterocycles. The number of ether oxygens (including phenoxy) is 1. The van der Waals surface area contributed by atoms with Crippen LogP contribution < -0.4 is 10.9 Å². The van der Waals surface area contributed by atoms with Crippen molar-refractivity contribution in [1.29, 1.82) is 0 Å². The van der Waals surface area contributed by atoms with E-state index in [-0.39, 0.29) is 5.56 Å². The van der Waals surface area contributed by atoms with Crippen LogP contribution in [0.2, 0.25) is 0 Å². The summed E-state index contributed by atoms with van der Waals surface area (Å²) in [5.41, 5.74) is 1.07. The summed E-state index contributed by atoms with van der Waals surface area (Å²) in [7, 11) is 1.65. The molecule has 0 unspecified atom stereocenters. The monoisotopic (exact) mass is 292 g/mol. The Morgan fingerprint density at radius 3 is 2.62 bits per heavy atom. The molecule has 0 radical (unpaired) electrons. The van der Waals surface area contributed by atoms with E-state index in [1.54, 1.807) is 17.7 Å². The summed E-state index contributed by atoms with van der Waals surface area (Å²) in [4.78, 5) is 11.8. The van der Waals surface area contributed by atoms with Gasteiger partial charge in [0.2, 0.25) is 0 Å². The van der Waals surface area contributed by atoms with E-state index in [9.17, 15) is 4.79 Å². The van der Waals surface area contributed by atoms with Crippen molar-refractivity contribution in [2.45, 2.75) is 52.1 Å². The van der Waals surface area contributed by atoms with Crippen molar-refractivity contribution in [2.24, 2.45) is 11.8 Å². The number of nitrogens with zero attached hydrogens (tertiary/aromatic N) is 1. The number of hydrogen-bond acceptors (Lipinski definition) is 3. The van der Waals surface area contributed by atoms with Crippen molar-refractivity contribution in [1.82, 2.24) is 4.57 Å². The van der Waals surface area contributed by atoms with Crippen molar-refractivity contribution in [2.75, 3.05) is 19.0 Å². The van der Waals surface area contributed by atoms with E-state index >= 15 is 0 Å². The van der Waals surface area contributed by atoms with Gasteiger partial charge in [0, 0.05) is 32.0 Å². The topological polar surface area (TPSA) is 43.3 Å². The maximum absolute atomic E-state index is 11.8. The van der Waals surface area contributed by atoms with Gasteiger partial charge in [-0.15, -0.1) is 0 Å². The Bertz CT molecular complexity index is 488. The van der Waals surface area contributed by atoms with Gasteiger partial charge in [0.25, 0.3) is 5.56 Å². The zero-order valence-electron chi connectivity index (χ0n) is 13.5. The van der Waals surface area contributed by atoms with Crippen LogP contribution in [-0.2, 0) is 11.3 Å². The normalized spacial score (nSPS) is 22.5. The first kappa shape index (κ1) is 16.1. The van der Waals surface area contributed by atoms with Gasteiger partial charge in [0.15, 0.2) is 0 Å². The van der Waals surface area contributed by atoms with Gasteiger partial charge >= 0.3 is 0 Å². The summed E-state index contributed by atoms with van der Waals surface area (Å²) in [5.74, 6) is 1.67. The number of nitrogens with one attached hydrogen (secondary N) is 1. The van der Waals surface area contributed by atoms with E-state index in [0.29, 0.717) is 19.2 Å². The highest BCUT2D eigenvalue weighted by Gasteiger charge is 2.23. The number of pyridine rings is 1. The number of hydrogen-bond donors (Lipinski definition) is 1. The summed E-state index contributed by atoms with van der Waals surface area (Å²) in [6, 6.07) is 4.06. The predicted molar refractivity (Wildman–Crippen MR) is 86.8 cm³/mol. The highest BCUT2D eigenvalue weighted by Crippen LogP contribution is 2.31. The molecule has 0 amide bonds. The quantitative estimate of drug-likeness (QED) is 0.876. The van der Waals surface area contributed by atoms with Crippen molar-refractivity contribution in [3.8, 4) is 0 Å². The van der Waals surface area contributed by atoms with E-state index in [0.717, 1.165) is 17.5 Å². The predicted octanol–water partition coefficient (Wildman–Crippen LogP) is 3.12. The third-order valence-electron chi connectivity index (χ3n) is 4.61. The second-order valence-electron chi connectivity index (χ2n) is 6.44. The average Bonchev–Trinajstić information content (AvgIpc) is 2.48. The van der Waals surface area contributed by atoms with Crippen molar-refractivity contribution in [3.63, 3.8) is 0 Å².